The molecule has 4 aromatic rings. The highest BCUT2D eigenvalue weighted by atomic mass is 16.5. The monoisotopic (exact) mass is 413 g/mol. The molecule has 5 rings (SSSR count). The summed E-state index contributed by atoms with van der Waals surface area (Å²) in [6, 6.07) is 20.2. The molecule has 1 amide bonds. The van der Waals surface area contributed by atoms with Gasteiger partial charge in [-0.25, -0.2) is 9.50 Å². The smallest absolute Gasteiger partial charge is 0.256 e. The van der Waals surface area contributed by atoms with Crippen LogP contribution in [0.15, 0.2) is 79.3 Å². The Morgan fingerprint density at radius 2 is 1.94 bits per heavy atom. The summed E-state index contributed by atoms with van der Waals surface area (Å²) in [4.78, 5) is 19.2. The zero-order chi connectivity index (χ0) is 21.0. The van der Waals surface area contributed by atoms with E-state index >= 15 is 0 Å². The van der Waals surface area contributed by atoms with Crippen molar-refractivity contribution in [3.8, 4) is 5.75 Å². The second kappa shape index (κ2) is 8.57. The lowest BCUT2D eigenvalue weighted by atomic mass is 10.1. The molecule has 2 aromatic heterocycles. The molecule has 1 N–H and O–H groups in total. The number of rotatable bonds is 5. The fourth-order valence-electron chi connectivity index (χ4n) is 3.90. The van der Waals surface area contributed by atoms with E-state index in [9.17, 15) is 4.79 Å². The quantitative estimate of drug-likeness (QED) is 0.544. The molecule has 1 aliphatic heterocycles. The summed E-state index contributed by atoms with van der Waals surface area (Å²) in [6.45, 7) is 2.74. The van der Waals surface area contributed by atoms with Crippen LogP contribution in [0.4, 0.5) is 0 Å². The van der Waals surface area contributed by atoms with Crippen LogP contribution in [0.5, 0.6) is 5.75 Å². The molecule has 0 bridgehead atoms. The number of fused-ring (bicyclic) bond motifs is 2. The topological polar surface area (TPSA) is 71.8 Å². The van der Waals surface area contributed by atoms with E-state index in [1.807, 2.05) is 36.4 Å². The van der Waals surface area contributed by atoms with Gasteiger partial charge in [-0.2, -0.15) is 5.10 Å². The highest BCUT2D eigenvalue weighted by molar-refractivity contribution is 5.99. The van der Waals surface area contributed by atoms with Gasteiger partial charge in [-0.1, -0.05) is 48.5 Å². The van der Waals surface area contributed by atoms with Crippen LogP contribution in [0.2, 0.25) is 0 Å². The fourth-order valence-corrected chi connectivity index (χ4v) is 3.90. The van der Waals surface area contributed by atoms with Crippen LogP contribution in [0.1, 0.15) is 27.6 Å². The molecule has 0 fully saturated rings. The van der Waals surface area contributed by atoms with Gasteiger partial charge in [0.25, 0.3) is 5.91 Å². The van der Waals surface area contributed by atoms with Crippen molar-refractivity contribution in [3.63, 3.8) is 0 Å². The summed E-state index contributed by atoms with van der Waals surface area (Å²) in [7, 11) is 0. The van der Waals surface area contributed by atoms with Gasteiger partial charge in [0.1, 0.15) is 17.4 Å². The van der Waals surface area contributed by atoms with Gasteiger partial charge in [0.2, 0.25) is 0 Å². The molecule has 7 heteroatoms. The molecule has 0 saturated carbocycles. The first kappa shape index (κ1) is 19.3. The first-order valence-corrected chi connectivity index (χ1v) is 10.4. The van der Waals surface area contributed by atoms with Gasteiger partial charge in [0.15, 0.2) is 5.65 Å². The summed E-state index contributed by atoms with van der Waals surface area (Å²) < 4.78 is 7.96. The molecule has 0 radical (unpaired) electrons. The average Bonchev–Trinajstić information content (AvgIpc) is 3.15. The average molecular weight is 413 g/mol. The van der Waals surface area contributed by atoms with Crippen LogP contribution >= 0.6 is 0 Å². The molecular formula is C24H23N5O2. The van der Waals surface area contributed by atoms with Crippen LogP contribution in [-0.4, -0.2) is 45.0 Å². The highest BCUT2D eigenvalue weighted by Gasteiger charge is 2.24. The van der Waals surface area contributed by atoms with Crippen molar-refractivity contribution in [2.75, 3.05) is 19.6 Å². The van der Waals surface area contributed by atoms with E-state index < -0.39 is 0 Å². The molecular weight excluding hydrogens is 390 g/mol. The van der Waals surface area contributed by atoms with Crippen LogP contribution in [-0.2, 0) is 6.54 Å². The Hall–Kier alpha value is -3.71. The number of aromatic nitrogens is 3. The Morgan fingerprint density at radius 3 is 2.84 bits per heavy atom. The van der Waals surface area contributed by atoms with Crippen LogP contribution in [0, 0.1) is 0 Å². The number of amides is 1. The Kier molecular flexibility index (Phi) is 5.33. The minimum absolute atomic E-state index is 0.0654. The van der Waals surface area contributed by atoms with Crippen molar-refractivity contribution in [2.45, 2.75) is 12.6 Å². The molecule has 31 heavy (non-hydrogen) atoms. The molecule has 0 saturated heterocycles. The molecule has 7 nitrogen and oxygen atoms in total. The van der Waals surface area contributed by atoms with Gasteiger partial charge in [-0.3, -0.25) is 9.69 Å². The number of carbonyl (C=O) groups is 1. The Balaban J connectivity index is 1.28. The van der Waals surface area contributed by atoms with Crippen LogP contribution < -0.4 is 10.1 Å². The number of carbonyl (C=O) groups excluding carboxylic acids is 1. The van der Waals surface area contributed by atoms with Crippen LogP contribution in [0.3, 0.4) is 0 Å². The summed E-state index contributed by atoms with van der Waals surface area (Å²) in [5.41, 5.74) is 3.33. The molecule has 1 unspecified atom stereocenters. The minimum Gasteiger partial charge on any atom is -0.484 e. The zero-order valence-electron chi connectivity index (χ0n) is 17.0. The van der Waals surface area contributed by atoms with E-state index in [-0.39, 0.29) is 12.0 Å². The van der Waals surface area contributed by atoms with E-state index in [0.29, 0.717) is 24.3 Å². The maximum absolute atomic E-state index is 12.7. The van der Waals surface area contributed by atoms with Crippen molar-refractivity contribution in [1.29, 1.82) is 0 Å². The summed E-state index contributed by atoms with van der Waals surface area (Å²) >= 11 is 0. The maximum atomic E-state index is 12.7. The number of nitrogens with zero attached hydrogens (tertiary/aromatic N) is 4. The number of hydrogen-bond acceptors (Lipinski definition) is 5. The van der Waals surface area contributed by atoms with Gasteiger partial charge in [-0.05, 0) is 17.7 Å². The maximum Gasteiger partial charge on any atom is 0.256 e. The van der Waals surface area contributed by atoms with Crippen molar-refractivity contribution >= 4 is 11.6 Å². The number of hydrogen-bond donors (Lipinski definition) is 1. The van der Waals surface area contributed by atoms with E-state index in [2.05, 4.69) is 38.5 Å². The zero-order valence-corrected chi connectivity index (χ0v) is 17.0. The highest BCUT2D eigenvalue weighted by Crippen LogP contribution is 2.30. The predicted molar refractivity (Wildman–Crippen MR) is 117 cm³/mol. The van der Waals surface area contributed by atoms with Crippen LogP contribution in [0.25, 0.3) is 5.65 Å². The lowest BCUT2D eigenvalue weighted by molar-refractivity contribution is 0.0944. The third kappa shape index (κ3) is 4.13. The number of benzene rings is 2. The molecule has 0 aliphatic carbocycles. The summed E-state index contributed by atoms with van der Waals surface area (Å²) in [6.07, 6.45) is 4.92. The van der Waals surface area contributed by atoms with Crippen molar-refractivity contribution in [2.24, 2.45) is 0 Å². The predicted octanol–water partition coefficient (Wildman–Crippen LogP) is 3.10. The second-order valence-electron chi connectivity index (χ2n) is 7.56. The summed E-state index contributed by atoms with van der Waals surface area (Å²) in [5.74, 6) is 0.750. The van der Waals surface area contributed by atoms with E-state index in [0.717, 1.165) is 30.0 Å². The van der Waals surface area contributed by atoms with Gasteiger partial charge in [0, 0.05) is 44.1 Å². The molecule has 1 atom stereocenters. The van der Waals surface area contributed by atoms with E-state index in [4.69, 9.17) is 4.74 Å². The van der Waals surface area contributed by atoms with Gasteiger partial charge in [0.05, 0.1) is 6.20 Å². The van der Waals surface area contributed by atoms with Gasteiger partial charge >= 0.3 is 0 Å². The Morgan fingerprint density at radius 1 is 1.10 bits per heavy atom. The van der Waals surface area contributed by atoms with E-state index in [1.165, 1.54) is 0 Å². The largest absolute Gasteiger partial charge is 0.484 e. The molecule has 156 valence electrons. The minimum atomic E-state index is -0.167. The van der Waals surface area contributed by atoms with Crippen molar-refractivity contribution in [3.05, 3.63) is 95.9 Å². The molecule has 3 heterocycles. The third-order valence-corrected chi connectivity index (χ3v) is 5.47. The number of ether oxygens (including phenoxy) is 1. The van der Waals surface area contributed by atoms with Crippen molar-refractivity contribution < 1.29 is 9.53 Å². The van der Waals surface area contributed by atoms with Gasteiger partial charge < -0.3 is 10.1 Å². The third-order valence-electron chi connectivity index (χ3n) is 5.47. The normalized spacial score (nSPS) is 16.3. The number of para-hydroxylation sites is 1. The molecule has 1 aliphatic rings. The lowest BCUT2D eigenvalue weighted by Gasteiger charge is -2.24. The van der Waals surface area contributed by atoms with Crippen molar-refractivity contribution in [1.82, 2.24) is 24.8 Å². The number of nitrogens with one attached hydrogen (secondary N) is 1. The fraction of sp³-hybridized carbons (Fsp3) is 0.208. The Labute approximate surface area is 180 Å². The standard InChI is InChI=1S/C24H23N5O2/c30-24(20-15-27-29-13-6-11-25-23(20)29)26-12-14-28-16-19-9-4-5-10-21(19)31-22(17-28)18-7-2-1-3-8-18/h1-11,13,15,22H,12,14,16-17H2,(H,26,30). The first-order valence-electron chi connectivity index (χ1n) is 10.4. The molecule has 2 aromatic carbocycles. The Bertz CT molecular complexity index is 1190. The summed E-state index contributed by atoms with van der Waals surface area (Å²) in [5, 5.41) is 7.19. The SMILES string of the molecule is O=C(NCCN1Cc2ccccc2OC(c2ccccc2)C1)c1cnn2cccnc12. The second-order valence-corrected chi connectivity index (χ2v) is 7.56. The van der Waals surface area contributed by atoms with E-state index in [1.54, 1.807) is 29.2 Å². The first-order chi connectivity index (χ1) is 15.3. The lowest BCUT2D eigenvalue weighted by Crippen LogP contribution is -2.36. The molecule has 0 spiro atoms. The van der Waals surface area contributed by atoms with Gasteiger partial charge in [-0.15, -0.1) is 0 Å².